The number of ether oxygens (including phenoxy) is 1. The molecule has 0 N–H and O–H groups in total. The smallest absolute Gasteiger partial charge is 0.280 e. The Morgan fingerprint density at radius 2 is 2.04 bits per heavy atom. The van der Waals surface area contributed by atoms with Crippen molar-refractivity contribution in [2.24, 2.45) is 5.10 Å². The molecule has 0 atom stereocenters. The molecule has 0 saturated carbocycles. The third-order valence-corrected chi connectivity index (χ3v) is 4.44. The average molecular weight is 431 g/mol. The van der Waals surface area contributed by atoms with E-state index < -0.39 is 0 Å². The van der Waals surface area contributed by atoms with Crippen molar-refractivity contribution in [1.82, 2.24) is 0 Å². The zero-order valence-corrected chi connectivity index (χ0v) is 16.1. The van der Waals surface area contributed by atoms with Crippen molar-refractivity contribution in [3.63, 3.8) is 0 Å². The van der Waals surface area contributed by atoms with Crippen LogP contribution in [0.3, 0.4) is 0 Å². The Kier molecular flexibility index (Phi) is 5.40. The molecule has 0 unspecified atom stereocenters. The predicted molar refractivity (Wildman–Crippen MR) is 105 cm³/mol. The maximum Gasteiger partial charge on any atom is 0.280 e. The topological polar surface area (TPSA) is 65.7 Å². The molecule has 0 aliphatic carbocycles. The van der Waals surface area contributed by atoms with Gasteiger partial charge in [0.1, 0.15) is 11.8 Å². The highest BCUT2D eigenvalue weighted by atomic mass is 79.9. The van der Waals surface area contributed by atoms with Crippen LogP contribution in [0.25, 0.3) is 6.08 Å². The van der Waals surface area contributed by atoms with Crippen molar-refractivity contribution in [3.05, 3.63) is 63.1 Å². The summed E-state index contributed by atoms with van der Waals surface area (Å²) in [5.74, 6) is 0.281. The number of hydrazone groups is 1. The Morgan fingerprint density at radius 1 is 1.31 bits per heavy atom. The highest BCUT2D eigenvalue weighted by molar-refractivity contribution is 9.10. The average Bonchev–Trinajstić information content (AvgIpc) is 2.90. The van der Waals surface area contributed by atoms with Crippen molar-refractivity contribution in [2.75, 3.05) is 11.6 Å². The Hall–Kier alpha value is -2.62. The van der Waals surface area contributed by atoms with E-state index in [9.17, 15) is 4.79 Å². The van der Waals surface area contributed by atoms with E-state index in [4.69, 9.17) is 21.6 Å². The van der Waals surface area contributed by atoms with Crippen LogP contribution in [0.2, 0.25) is 5.02 Å². The molecule has 0 radical (unpaired) electrons. The molecule has 1 aliphatic rings. The molecule has 0 bridgehead atoms. The molecule has 2 aromatic carbocycles. The van der Waals surface area contributed by atoms with Gasteiger partial charge >= 0.3 is 0 Å². The summed E-state index contributed by atoms with van der Waals surface area (Å²) in [6, 6.07) is 14.2. The van der Waals surface area contributed by atoms with Crippen molar-refractivity contribution >= 4 is 50.9 Å². The first-order valence-electron chi connectivity index (χ1n) is 7.66. The molecule has 5 nitrogen and oxygen atoms in total. The van der Waals surface area contributed by atoms with Crippen molar-refractivity contribution in [2.45, 2.75) is 6.92 Å². The number of carbonyl (C=O) groups is 1. The minimum absolute atomic E-state index is 0.0737. The van der Waals surface area contributed by atoms with Gasteiger partial charge in [-0.2, -0.15) is 15.4 Å². The lowest BCUT2D eigenvalue weighted by Gasteiger charge is -2.12. The number of carbonyl (C=O) groups excluding carboxylic acids is 1. The van der Waals surface area contributed by atoms with E-state index in [0.29, 0.717) is 33.3 Å². The summed E-state index contributed by atoms with van der Waals surface area (Å²) >= 11 is 9.31. The predicted octanol–water partition coefficient (Wildman–Crippen LogP) is 4.81. The quantitative estimate of drug-likeness (QED) is 0.654. The Bertz CT molecular complexity index is 962. The first kappa shape index (κ1) is 18.2. The fourth-order valence-electron chi connectivity index (χ4n) is 2.47. The van der Waals surface area contributed by atoms with E-state index in [0.717, 1.165) is 4.47 Å². The Morgan fingerprint density at radius 3 is 2.73 bits per heavy atom. The van der Waals surface area contributed by atoms with Gasteiger partial charge < -0.3 is 4.74 Å². The fraction of sp³-hybridized carbons (Fsp3) is 0.105. The lowest BCUT2D eigenvalue weighted by Crippen LogP contribution is -2.21. The standard InChI is InChI=1S/C19H13BrClN3O2/c1-12-17(11-13-10-14(20)2-7-18(13)26-9-8-22)19(25)24(23-12)16-5-3-15(21)4-6-16/h2-7,10-11H,9H2,1H3. The zero-order chi connectivity index (χ0) is 18.7. The summed E-state index contributed by atoms with van der Waals surface area (Å²) in [4.78, 5) is 12.8. The van der Waals surface area contributed by atoms with Gasteiger partial charge in [-0.05, 0) is 55.5 Å². The molecule has 0 spiro atoms. The van der Waals surface area contributed by atoms with E-state index in [1.165, 1.54) is 5.01 Å². The molecule has 1 heterocycles. The number of hydrogen-bond donors (Lipinski definition) is 0. The number of rotatable bonds is 4. The van der Waals surface area contributed by atoms with Gasteiger partial charge in [0, 0.05) is 15.1 Å². The van der Waals surface area contributed by atoms with Gasteiger partial charge in [0.05, 0.1) is 17.0 Å². The second-order valence-electron chi connectivity index (χ2n) is 5.47. The van der Waals surface area contributed by atoms with Crippen molar-refractivity contribution in [3.8, 4) is 11.8 Å². The van der Waals surface area contributed by atoms with Gasteiger partial charge in [0.15, 0.2) is 6.61 Å². The number of benzene rings is 2. The zero-order valence-electron chi connectivity index (χ0n) is 13.7. The molecule has 1 amide bonds. The maximum atomic E-state index is 12.8. The monoisotopic (exact) mass is 429 g/mol. The normalized spacial score (nSPS) is 15.2. The van der Waals surface area contributed by atoms with E-state index in [-0.39, 0.29) is 12.5 Å². The number of nitrogens with zero attached hydrogens (tertiary/aromatic N) is 3. The molecule has 2 aromatic rings. The van der Waals surface area contributed by atoms with Crippen LogP contribution in [0.4, 0.5) is 5.69 Å². The largest absolute Gasteiger partial charge is 0.478 e. The minimum atomic E-state index is -0.240. The van der Waals surface area contributed by atoms with Gasteiger partial charge in [0.25, 0.3) is 5.91 Å². The van der Waals surface area contributed by atoms with Gasteiger partial charge in [-0.1, -0.05) is 27.5 Å². The van der Waals surface area contributed by atoms with Gasteiger partial charge in [-0.25, -0.2) is 0 Å². The summed E-state index contributed by atoms with van der Waals surface area (Å²) in [5, 5.41) is 15.0. The van der Waals surface area contributed by atoms with Crippen LogP contribution in [0.5, 0.6) is 5.75 Å². The van der Waals surface area contributed by atoms with E-state index in [1.807, 2.05) is 18.2 Å². The summed E-state index contributed by atoms with van der Waals surface area (Å²) in [7, 11) is 0. The third-order valence-electron chi connectivity index (χ3n) is 3.70. The summed E-state index contributed by atoms with van der Waals surface area (Å²) in [5.41, 5.74) is 2.37. The number of nitriles is 1. The van der Waals surface area contributed by atoms with Crippen LogP contribution in [-0.4, -0.2) is 18.2 Å². The molecular formula is C19H13BrClN3O2. The van der Waals surface area contributed by atoms with Crippen LogP contribution < -0.4 is 9.75 Å². The summed E-state index contributed by atoms with van der Waals surface area (Å²) in [6.45, 7) is 1.70. The highest BCUT2D eigenvalue weighted by Crippen LogP contribution is 2.30. The van der Waals surface area contributed by atoms with Crippen LogP contribution in [0, 0.1) is 11.3 Å². The highest BCUT2D eigenvalue weighted by Gasteiger charge is 2.29. The second kappa shape index (κ2) is 7.73. The molecule has 3 rings (SSSR count). The SMILES string of the molecule is CC1=NN(c2ccc(Cl)cc2)C(=O)C1=Cc1cc(Br)ccc1OCC#N. The van der Waals surface area contributed by atoms with Crippen LogP contribution >= 0.6 is 27.5 Å². The van der Waals surface area contributed by atoms with Crippen LogP contribution in [0.1, 0.15) is 12.5 Å². The fourth-order valence-corrected chi connectivity index (χ4v) is 2.98. The summed E-state index contributed by atoms with van der Waals surface area (Å²) in [6.07, 6.45) is 1.72. The number of hydrogen-bond acceptors (Lipinski definition) is 4. The molecule has 0 aromatic heterocycles. The molecule has 26 heavy (non-hydrogen) atoms. The lowest BCUT2D eigenvalue weighted by atomic mass is 10.1. The molecule has 7 heteroatoms. The van der Waals surface area contributed by atoms with Gasteiger partial charge in [-0.15, -0.1) is 0 Å². The van der Waals surface area contributed by atoms with Crippen LogP contribution in [0.15, 0.2) is 57.6 Å². The number of halogens is 2. The Labute approximate surface area is 164 Å². The molecule has 1 aliphatic heterocycles. The molecule has 130 valence electrons. The summed E-state index contributed by atoms with van der Waals surface area (Å²) < 4.78 is 6.28. The Balaban J connectivity index is 1.96. The van der Waals surface area contributed by atoms with Crippen LogP contribution in [-0.2, 0) is 4.79 Å². The van der Waals surface area contributed by atoms with E-state index in [2.05, 4.69) is 21.0 Å². The third kappa shape index (κ3) is 3.79. The number of anilines is 1. The first-order valence-corrected chi connectivity index (χ1v) is 8.83. The molecular weight excluding hydrogens is 418 g/mol. The van der Waals surface area contributed by atoms with Crippen molar-refractivity contribution < 1.29 is 9.53 Å². The lowest BCUT2D eigenvalue weighted by molar-refractivity contribution is -0.114. The van der Waals surface area contributed by atoms with E-state index in [1.54, 1.807) is 43.3 Å². The van der Waals surface area contributed by atoms with Crippen molar-refractivity contribution in [1.29, 1.82) is 5.26 Å². The minimum Gasteiger partial charge on any atom is -0.478 e. The molecule has 0 fully saturated rings. The number of amides is 1. The first-order chi connectivity index (χ1) is 12.5. The van der Waals surface area contributed by atoms with Gasteiger partial charge in [0.2, 0.25) is 0 Å². The second-order valence-corrected chi connectivity index (χ2v) is 6.82. The maximum absolute atomic E-state index is 12.8. The molecule has 0 saturated heterocycles. The van der Waals surface area contributed by atoms with Gasteiger partial charge in [-0.3, -0.25) is 4.79 Å². The van der Waals surface area contributed by atoms with E-state index >= 15 is 0 Å².